The van der Waals surface area contributed by atoms with E-state index in [4.69, 9.17) is 0 Å². The van der Waals surface area contributed by atoms with Crippen LogP contribution in [0.15, 0.2) is 84.1 Å². The lowest BCUT2D eigenvalue weighted by Gasteiger charge is -2.35. The molecule has 4 nitrogen and oxygen atoms in total. The molecule has 1 N–H and O–H groups in total. The number of carbonyl (C=O) groups excluding carboxylic acids is 2. The minimum absolute atomic E-state index is 0.0267. The Morgan fingerprint density at radius 1 is 0.944 bits per heavy atom. The van der Waals surface area contributed by atoms with Gasteiger partial charge in [-0.1, -0.05) is 60.2 Å². The average Bonchev–Trinajstić information content (AvgIpc) is 2.98. The topological polar surface area (TPSA) is 49.4 Å². The molecule has 5 rings (SSSR count). The molecular weight excluding hydrogens is 472 g/mol. The monoisotopic (exact) mass is 494 g/mol. The number of nitrogens with zero attached hydrogens (tertiary/aromatic N) is 1. The van der Waals surface area contributed by atoms with Gasteiger partial charge < -0.3 is 5.32 Å². The number of carbonyl (C=O) groups is 2. The molecule has 0 fully saturated rings. The Morgan fingerprint density at radius 3 is 2.31 bits per heavy atom. The second-order valence-corrected chi connectivity index (χ2v) is 9.07. The summed E-state index contributed by atoms with van der Waals surface area (Å²) in [6.45, 7) is 1.95. The van der Waals surface area contributed by atoms with Crippen LogP contribution in [0.25, 0.3) is 0 Å². The molecule has 1 amide bonds. The Labute approximate surface area is 205 Å². The Hall–Kier alpha value is -3.94. The van der Waals surface area contributed by atoms with Crippen molar-refractivity contribution in [2.24, 2.45) is 0 Å². The number of anilines is 2. The van der Waals surface area contributed by atoms with E-state index in [-0.39, 0.29) is 34.9 Å². The summed E-state index contributed by atoms with van der Waals surface area (Å²) in [6.07, 6.45) is -4.90. The second-order valence-electron chi connectivity index (χ2n) is 9.07. The standard InChI is InChI=1S/C28H22F4N2O2/c1-16-10-12-17(13-11-16)18-14-22-25(24(35)15-18)26(19-6-2-3-7-20(19)29)34(27(36)28(30,31)32)23-9-5-4-8-21(23)33-22/h2-13,18,26,33H,14-15H2,1H3/t18-,26+/m1/s1. The highest BCUT2D eigenvalue weighted by molar-refractivity contribution is 6.07. The molecule has 1 heterocycles. The zero-order chi connectivity index (χ0) is 25.6. The lowest BCUT2D eigenvalue weighted by atomic mass is 9.78. The summed E-state index contributed by atoms with van der Waals surface area (Å²) in [7, 11) is 0. The summed E-state index contributed by atoms with van der Waals surface area (Å²) in [6, 6.07) is 17.5. The first-order valence-corrected chi connectivity index (χ1v) is 11.5. The first kappa shape index (κ1) is 23.8. The molecule has 1 aliphatic carbocycles. The Morgan fingerprint density at radius 2 is 1.61 bits per heavy atom. The number of benzene rings is 3. The molecule has 0 radical (unpaired) electrons. The summed E-state index contributed by atoms with van der Waals surface area (Å²) >= 11 is 0. The number of allylic oxidation sites excluding steroid dienone is 1. The van der Waals surface area contributed by atoms with Gasteiger partial charge in [0.25, 0.3) is 0 Å². The minimum atomic E-state index is -5.25. The van der Waals surface area contributed by atoms with Gasteiger partial charge in [0.05, 0.1) is 17.4 Å². The van der Waals surface area contributed by atoms with Crippen molar-refractivity contribution in [3.8, 4) is 0 Å². The zero-order valence-corrected chi connectivity index (χ0v) is 19.3. The third-order valence-corrected chi connectivity index (χ3v) is 6.70. The predicted octanol–water partition coefficient (Wildman–Crippen LogP) is 6.60. The first-order chi connectivity index (χ1) is 17.1. The smallest absolute Gasteiger partial charge is 0.357 e. The Bertz CT molecular complexity index is 1380. The Balaban J connectivity index is 1.74. The van der Waals surface area contributed by atoms with Crippen LogP contribution < -0.4 is 10.2 Å². The van der Waals surface area contributed by atoms with E-state index < -0.39 is 29.7 Å². The van der Waals surface area contributed by atoms with Crippen LogP contribution in [0.2, 0.25) is 0 Å². The lowest BCUT2D eigenvalue weighted by Crippen LogP contribution is -2.45. The van der Waals surface area contributed by atoms with Crippen LogP contribution in [0, 0.1) is 12.7 Å². The van der Waals surface area contributed by atoms with Crippen LogP contribution >= 0.6 is 0 Å². The van der Waals surface area contributed by atoms with Gasteiger partial charge in [0.2, 0.25) is 0 Å². The number of para-hydroxylation sites is 2. The van der Waals surface area contributed by atoms with Gasteiger partial charge in [0, 0.05) is 23.3 Å². The largest absolute Gasteiger partial charge is 0.471 e. The van der Waals surface area contributed by atoms with E-state index >= 15 is 4.39 Å². The number of nitrogens with one attached hydrogen (secondary N) is 1. The number of hydrogen-bond acceptors (Lipinski definition) is 3. The molecule has 1 aliphatic heterocycles. The number of amides is 1. The van der Waals surface area contributed by atoms with Gasteiger partial charge in [-0.2, -0.15) is 13.2 Å². The average molecular weight is 494 g/mol. The summed E-state index contributed by atoms with van der Waals surface area (Å²) in [4.78, 5) is 27.0. The van der Waals surface area contributed by atoms with Crippen molar-refractivity contribution >= 4 is 23.1 Å². The van der Waals surface area contributed by atoms with Crippen molar-refractivity contribution in [1.82, 2.24) is 0 Å². The molecule has 36 heavy (non-hydrogen) atoms. The summed E-state index contributed by atoms with van der Waals surface area (Å²) in [5.74, 6) is -3.63. The number of ketones is 1. The van der Waals surface area contributed by atoms with Gasteiger partial charge in [-0.3, -0.25) is 14.5 Å². The van der Waals surface area contributed by atoms with Crippen molar-refractivity contribution in [3.05, 3.63) is 107 Å². The number of rotatable bonds is 2. The van der Waals surface area contributed by atoms with E-state index in [1.54, 1.807) is 12.1 Å². The van der Waals surface area contributed by atoms with Crippen LogP contribution in [-0.4, -0.2) is 17.9 Å². The number of alkyl halides is 3. The SMILES string of the molecule is Cc1ccc([C@H]2CC(=O)C3=C(C2)Nc2ccccc2N(C(=O)C(F)(F)F)[C@H]3c2ccccc2F)cc1. The van der Waals surface area contributed by atoms with Gasteiger partial charge in [-0.15, -0.1) is 0 Å². The maximum Gasteiger partial charge on any atom is 0.471 e. The molecule has 0 spiro atoms. The molecule has 3 aromatic rings. The van der Waals surface area contributed by atoms with E-state index in [2.05, 4.69) is 5.32 Å². The van der Waals surface area contributed by atoms with E-state index in [0.29, 0.717) is 17.0 Å². The molecule has 0 unspecified atom stereocenters. The summed E-state index contributed by atoms with van der Waals surface area (Å²) in [5.41, 5.74) is 2.31. The molecule has 0 saturated carbocycles. The highest BCUT2D eigenvalue weighted by Crippen LogP contribution is 2.48. The normalized spacial score (nSPS) is 19.8. The maximum absolute atomic E-state index is 15.1. The highest BCUT2D eigenvalue weighted by atomic mass is 19.4. The van der Waals surface area contributed by atoms with E-state index in [1.807, 2.05) is 31.2 Å². The molecule has 3 aromatic carbocycles. The van der Waals surface area contributed by atoms with Crippen LogP contribution in [-0.2, 0) is 9.59 Å². The molecule has 2 atom stereocenters. The summed E-state index contributed by atoms with van der Waals surface area (Å²) < 4.78 is 56.8. The molecule has 8 heteroatoms. The van der Waals surface area contributed by atoms with Crippen molar-refractivity contribution in [2.75, 3.05) is 10.2 Å². The number of aryl methyl sites for hydroxylation is 1. The predicted molar refractivity (Wildman–Crippen MR) is 128 cm³/mol. The zero-order valence-electron chi connectivity index (χ0n) is 19.3. The van der Waals surface area contributed by atoms with Crippen molar-refractivity contribution < 1.29 is 27.2 Å². The number of halogens is 4. The summed E-state index contributed by atoms with van der Waals surface area (Å²) in [5, 5.41) is 3.13. The van der Waals surface area contributed by atoms with Gasteiger partial charge in [-0.05, 0) is 43.0 Å². The number of hydrogen-bond donors (Lipinski definition) is 1. The Kier molecular flexibility index (Phi) is 5.90. The van der Waals surface area contributed by atoms with Gasteiger partial charge in [-0.25, -0.2) is 4.39 Å². The van der Waals surface area contributed by atoms with Gasteiger partial charge in [0.1, 0.15) is 5.82 Å². The number of fused-ring (bicyclic) bond motifs is 1. The lowest BCUT2D eigenvalue weighted by molar-refractivity contribution is -0.170. The van der Waals surface area contributed by atoms with Crippen LogP contribution in [0.3, 0.4) is 0 Å². The van der Waals surface area contributed by atoms with Crippen molar-refractivity contribution in [3.63, 3.8) is 0 Å². The van der Waals surface area contributed by atoms with E-state index in [1.165, 1.54) is 30.3 Å². The molecule has 0 bridgehead atoms. The van der Waals surface area contributed by atoms with Crippen LogP contribution in [0.4, 0.5) is 28.9 Å². The van der Waals surface area contributed by atoms with Gasteiger partial charge >= 0.3 is 12.1 Å². The highest BCUT2D eigenvalue weighted by Gasteiger charge is 2.50. The third-order valence-electron chi connectivity index (χ3n) is 6.70. The maximum atomic E-state index is 15.1. The molecule has 2 aliphatic rings. The first-order valence-electron chi connectivity index (χ1n) is 11.5. The van der Waals surface area contributed by atoms with Crippen molar-refractivity contribution in [2.45, 2.75) is 37.9 Å². The number of Topliss-reactive ketones (excluding diaryl/α,β-unsaturated/α-hetero) is 1. The van der Waals surface area contributed by atoms with E-state index in [9.17, 15) is 22.8 Å². The fraction of sp³-hybridized carbons (Fsp3) is 0.214. The fourth-order valence-electron chi connectivity index (χ4n) is 5.02. The third kappa shape index (κ3) is 4.17. The van der Waals surface area contributed by atoms with Crippen molar-refractivity contribution in [1.29, 1.82) is 0 Å². The van der Waals surface area contributed by atoms with Gasteiger partial charge in [0.15, 0.2) is 5.78 Å². The molecule has 184 valence electrons. The molecule has 0 saturated heterocycles. The molecular formula is C28H22F4N2O2. The minimum Gasteiger partial charge on any atom is -0.357 e. The molecule has 0 aromatic heterocycles. The van der Waals surface area contributed by atoms with E-state index in [0.717, 1.165) is 17.2 Å². The fourth-order valence-corrected chi connectivity index (χ4v) is 5.02. The van der Waals surface area contributed by atoms with Crippen LogP contribution in [0.1, 0.15) is 41.5 Å². The van der Waals surface area contributed by atoms with Crippen LogP contribution in [0.5, 0.6) is 0 Å². The second kappa shape index (κ2) is 8.93. The quantitative estimate of drug-likeness (QED) is 0.409.